The molecule has 0 spiro atoms. The Morgan fingerprint density at radius 3 is 2.50 bits per heavy atom. The first-order valence-corrected chi connectivity index (χ1v) is 11.2. The summed E-state index contributed by atoms with van der Waals surface area (Å²) < 4.78 is 10.7. The predicted octanol–water partition coefficient (Wildman–Crippen LogP) is 3.80. The fourth-order valence-electron chi connectivity index (χ4n) is 3.58. The largest absolute Gasteiger partial charge is 0.445 e. The molecule has 0 aliphatic carbocycles. The highest BCUT2D eigenvalue weighted by atomic mass is 16.5. The molecule has 1 aliphatic rings. The quantitative estimate of drug-likeness (QED) is 0.621. The van der Waals surface area contributed by atoms with E-state index in [9.17, 15) is 9.59 Å². The SMILES string of the molecule is CC[C@H](C)[C@H](NC(=O)OCc1ccccc1)C(=O)Nc1cccc(CN2CCOCC2)c1. The van der Waals surface area contributed by atoms with Crippen molar-refractivity contribution in [1.29, 1.82) is 0 Å². The standard InChI is InChI=1S/C25H33N3O4/c1-3-19(2)23(27-25(30)32-18-20-8-5-4-6-9-20)24(29)26-22-11-7-10-21(16-22)17-28-12-14-31-15-13-28/h4-11,16,19,23H,3,12-15,17-18H2,1-2H3,(H,26,29)(H,27,30)/t19-,23-/m0/s1. The molecule has 2 amide bonds. The first-order chi connectivity index (χ1) is 15.5. The third kappa shape index (κ3) is 7.35. The van der Waals surface area contributed by atoms with Crippen molar-refractivity contribution in [3.63, 3.8) is 0 Å². The molecule has 0 saturated carbocycles. The van der Waals surface area contributed by atoms with Crippen LogP contribution in [0.25, 0.3) is 0 Å². The van der Waals surface area contributed by atoms with Crippen LogP contribution in [0.5, 0.6) is 0 Å². The van der Waals surface area contributed by atoms with Gasteiger partial charge in [0.05, 0.1) is 13.2 Å². The van der Waals surface area contributed by atoms with Gasteiger partial charge in [0.2, 0.25) is 5.91 Å². The highest BCUT2D eigenvalue weighted by Crippen LogP contribution is 2.16. The van der Waals surface area contributed by atoms with Crippen LogP contribution < -0.4 is 10.6 Å². The van der Waals surface area contributed by atoms with Gasteiger partial charge in [0.1, 0.15) is 12.6 Å². The zero-order valence-corrected chi connectivity index (χ0v) is 18.9. The van der Waals surface area contributed by atoms with Crippen molar-refractivity contribution in [2.75, 3.05) is 31.6 Å². The Hall–Kier alpha value is -2.90. The molecule has 2 aromatic rings. The lowest BCUT2D eigenvalue weighted by Gasteiger charge is -2.27. The zero-order chi connectivity index (χ0) is 22.8. The third-order valence-electron chi connectivity index (χ3n) is 5.69. The van der Waals surface area contributed by atoms with Crippen LogP contribution in [0.1, 0.15) is 31.4 Å². The maximum absolute atomic E-state index is 13.0. The van der Waals surface area contributed by atoms with Gasteiger partial charge in [0.15, 0.2) is 0 Å². The Bertz CT molecular complexity index is 869. The van der Waals surface area contributed by atoms with Crippen LogP contribution in [0.2, 0.25) is 0 Å². The van der Waals surface area contributed by atoms with Crippen LogP contribution in [-0.2, 0) is 27.4 Å². The summed E-state index contributed by atoms with van der Waals surface area (Å²) in [6.07, 6.45) is 0.143. The molecule has 7 nitrogen and oxygen atoms in total. The second-order valence-corrected chi connectivity index (χ2v) is 8.15. The Morgan fingerprint density at radius 1 is 1.06 bits per heavy atom. The first-order valence-electron chi connectivity index (χ1n) is 11.2. The average Bonchev–Trinajstić information content (AvgIpc) is 2.82. The van der Waals surface area contributed by atoms with Gasteiger partial charge < -0.3 is 20.1 Å². The lowest BCUT2D eigenvalue weighted by molar-refractivity contribution is -0.119. The Kier molecular flexibility index (Phi) is 9.07. The van der Waals surface area contributed by atoms with Crippen molar-refractivity contribution in [2.45, 2.75) is 39.5 Å². The fourth-order valence-corrected chi connectivity index (χ4v) is 3.58. The van der Waals surface area contributed by atoms with Crippen molar-refractivity contribution in [3.05, 3.63) is 65.7 Å². The number of carbonyl (C=O) groups excluding carboxylic acids is 2. The monoisotopic (exact) mass is 439 g/mol. The minimum atomic E-state index is -0.689. The number of anilines is 1. The Morgan fingerprint density at radius 2 is 1.78 bits per heavy atom. The van der Waals surface area contributed by atoms with Gasteiger partial charge in [-0.1, -0.05) is 62.7 Å². The molecule has 172 valence electrons. The van der Waals surface area contributed by atoms with Crippen molar-refractivity contribution < 1.29 is 19.1 Å². The van der Waals surface area contributed by atoms with Gasteiger partial charge >= 0.3 is 6.09 Å². The van der Waals surface area contributed by atoms with Crippen LogP contribution in [-0.4, -0.2) is 49.2 Å². The molecule has 0 bridgehead atoms. The van der Waals surface area contributed by atoms with Crippen LogP contribution in [0.4, 0.5) is 10.5 Å². The zero-order valence-electron chi connectivity index (χ0n) is 18.9. The van der Waals surface area contributed by atoms with Gasteiger partial charge in [-0.2, -0.15) is 0 Å². The Labute approximate surface area is 190 Å². The molecular weight excluding hydrogens is 406 g/mol. The molecule has 1 aliphatic heterocycles. The van der Waals surface area contributed by atoms with Gasteiger partial charge in [-0.3, -0.25) is 9.69 Å². The van der Waals surface area contributed by atoms with E-state index in [2.05, 4.69) is 21.6 Å². The second-order valence-electron chi connectivity index (χ2n) is 8.15. The van der Waals surface area contributed by atoms with Gasteiger partial charge in [0.25, 0.3) is 0 Å². The molecule has 32 heavy (non-hydrogen) atoms. The van der Waals surface area contributed by atoms with E-state index in [1.807, 2.05) is 62.4 Å². The predicted molar refractivity (Wildman–Crippen MR) is 124 cm³/mol. The highest BCUT2D eigenvalue weighted by Gasteiger charge is 2.26. The summed E-state index contributed by atoms with van der Waals surface area (Å²) in [4.78, 5) is 27.7. The minimum absolute atomic E-state index is 0.0455. The van der Waals surface area contributed by atoms with Gasteiger partial charge in [-0.25, -0.2) is 4.79 Å². The van der Waals surface area contributed by atoms with Crippen LogP contribution in [0, 0.1) is 5.92 Å². The van der Waals surface area contributed by atoms with Crippen LogP contribution in [0.15, 0.2) is 54.6 Å². The maximum Gasteiger partial charge on any atom is 0.408 e. The highest BCUT2D eigenvalue weighted by molar-refractivity contribution is 5.96. The maximum atomic E-state index is 13.0. The summed E-state index contributed by atoms with van der Waals surface area (Å²) in [6.45, 7) is 8.21. The lowest BCUT2D eigenvalue weighted by Crippen LogP contribution is -2.47. The van der Waals surface area contributed by atoms with Crippen molar-refractivity contribution in [1.82, 2.24) is 10.2 Å². The fraction of sp³-hybridized carbons (Fsp3) is 0.440. The molecule has 7 heteroatoms. The lowest BCUT2D eigenvalue weighted by atomic mass is 9.98. The van der Waals surface area contributed by atoms with Crippen molar-refractivity contribution in [3.8, 4) is 0 Å². The number of ether oxygens (including phenoxy) is 2. The normalized spacial score (nSPS) is 16.1. The number of hydrogen-bond donors (Lipinski definition) is 2. The number of benzene rings is 2. The summed E-state index contributed by atoms with van der Waals surface area (Å²) in [5.41, 5.74) is 2.73. The summed E-state index contributed by atoms with van der Waals surface area (Å²) >= 11 is 0. The molecule has 1 saturated heterocycles. The molecule has 2 atom stereocenters. The molecule has 0 aromatic heterocycles. The number of amides is 2. The summed E-state index contributed by atoms with van der Waals surface area (Å²) in [6, 6.07) is 16.6. The number of nitrogens with one attached hydrogen (secondary N) is 2. The summed E-state index contributed by atoms with van der Waals surface area (Å²) in [7, 11) is 0. The van der Waals surface area contributed by atoms with Gasteiger partial charge in [0, 0.05) is 25.3 Å². The van der Waals surface area contributed by atoms with Gasteiger partial charge in [-0.15, -0.1) is 0 Å². The second kappa shape index (κ2) is 12.2. The molecule has 1 fully saturated rings. The van der Waals surface area contributed by atoms with E-state index >= 15 is 0 Å². The summed E-state index contributed by atoms with van der Waals surface area (Å²) in [5, 5.41) is 5.70. The molecule has 2 N–H and O–H groups in total. The van der Waals surface area contributed by atoms with E-state index in [-0.39, 0.29) is 18.4 Å². The van der Waals surface area contributed by atoms with E-state index in [1.165, 1.54) is 0 Å². The number of carbonyl (C=O) groups is 2. The molecule has 0 unspecified atom stereocenters. The van der Waals surface area contributed by atoms with Crippen molar-refractivity contribution >= 4 is 17.7 Å². The van der Waals surface area contributed by atoms with E-state index in [4.69, 9.17) is 9.47 Å². The molecular formula is C25H33N3O4. The molecule has 2 aromatic carbocycles. The van der Waals surface area contributed by atoms with Crippen molar-refractivity contribution in [2.24, 2.45) is 5.92 Å². The van der Waals surface area contributed by atoms with Gasteiger partial charge in [-0.05, 0) is 29.2 Å². The smallest absolute Gasteiger partial charge is 0.408 e. The van der Waals surface area contributed by atoms with Crippen LogP contribution in [0.3, 0.4) is 0 Å². The number of alkyl carbamates (subject to hydrolysis) is 1. The van der Waals surface area contributed by atoms with E-state index in [0.717, 1.165) is 50.4 Å². The first kappa shape index (κ1) is 23.8. The minimum Gasteiger partial charge on any atom is -0.445 e. The number of hydrogen-bond acceptors (Lipinski definition) is 5. The number of rotatable bonds is 9. The number of morpholine rings is 1. The summed E-state index contributed by atoms with van der Waals surface area (Å²) in [5.74, 6) is -0.296. The molecule has 1 heterocycles. The molecule has 3 rings (SSSR count). The van der Waals surface area contributed by atoms with E-state index < -0.39 is 12.1 Å². The van der Waals surface area contributed by atoms with E-state index in [0.29, 0.717) is 5.69 Å². The molecule has 0 radical (unpaired) electrons. The number of nitrogens with zero attached hydrogens (tertiary/aromatic N) is 1. The average molecular weight is 440 g/mol. The van der Waals surface area contributed by atoms with Crippen LogP contribution >= 0.6 is 0 Å². The topological polar surface area (TPSA) is 79.9 Å². The van der Waals surface area contributed by atoms with E-state index in [1.54, 1.807) is 0 Å². The third-order valence-corrected chi connectivity index (χ3v) is 5.69. The Balaban J connectivity index is 1.58.